The van der Waals surface area contributed by atoms with Crippen molar-refractivity contribution in [3.05, 3.63) is 64.9 Å². The van der Waals surface area contributed by atoms with Crippen molar-refractivity contribution in [1.29, 1.82) is 0 Å². The molecule has 36 heavy (non-hydrogen) atoms. The highest BCUT2D eigenvalue weighted by molar-refractivity contribution is 8.00. The van der Waals surface area contributed by atoms with Gasteiger partial charge in [-0.25, -0.2) is 9.78 Å². The lowest BCUT2D eigenvalue weighted by atomic mass is 10.0. The van der Waals surface area contributed by atoms with Crippen LogP contribution in [0.4, 0.5) is 5.82 Å². The summed E-state index contributed by atoms with van der Waals surface area (Å²) in [7, 11) is 1.28. The first kappa shape index (κ1) is 23.8. The summed E-state index contributed by atoms with van der Waals surface area (Å²) in [6, 6.07) is 9.70. The van der Waals surface area contributed by atoms with Crippen LogP contribution in [0.15, 0.2) is 64.4 Å². The highest BCUT2D eigenvalue weighted by Crippen LogP contribution is 2.40. The van der Waals surface area contributed by atoms with Crippen molar-refractivity contribution in [3.8, 4) is 0 Å². The van der Waals surface area contributed by atoms with Gasteiger partial charge in [0, 0.05) is 17.4 Å². The Hall–Kier alpha value is -3.97. The number of aromatic nitrogens is 2. The van der Waals surface area contributed by atoms with E-state index in [1.54, 1.807) is 29.5 Å². The van der Waals surface area contributed by atoms with E-state index in [0.29, 0.717) is 17.9 Å². The number of anilines is 1. The predicted octanol–water partition coefficient (Wildman–Crippen LogP) is 0.955. The fourth-order valence-corrected chi connectivity index (χ4v) is 6.43. The van der Waals surface area contributed by atoms with E-state index in [2.05, 4.69) is 15.5 Å². The number of hydrogen-bond acceptors (Lipinski definition) is 9. The molecule has 184 valence electrons. The number of nitrogen functional groups attached to an aromatic ring is 1. The number of carboxylic acids is 1. The summed E-state index contributed by atoms with van der Waals surface area (Å²) in [5.74, 6) is -1.78. The average Bonchev–Trinajstić information content (AvgIpc) is 3.35. The lowest BCUT2D eigenvalue weighted by Crippen LogP contribution is -2.71. The minimum absolute atomic E-state index is 0.0430. The molecule has 0 spiro atoms. The van der Waals surface area contributed by atoms with Crippen molar-refractivity contribution >= 4 is 62.6 Å². The Kier molecular flexibility index (Phi) is 6.33. The molecule has 2 atom stereocenters. The summed E-state index contributed by atoms with van der Waals surface area (Å²) in [5, 5.41) is 18.9. The molecular formula is C23H21N6O5S2+. The van der Waals surface area contributed by atoms with Crippen LogP contribution in [-0.4, -0.2) is 62.8 Å². The number of nitrogens with one attached hydrogen (secondary N) is 1. The number of nitrogens with zero attached hydrogens (tertiary/aromatic N) is 4. The van der Waals surface area contributed by atoms with Crippen molar-refractivity contribution in [1.82, 2.24) is 15.2 Å². The fraction of sp³-hybridized carbons (Fsp3) is 0.217. The Morgan fingerprint density at radius 2 is 2.17 bits per heavy atom. The number of nitrogens with two attached hydrogens (primary N) is 1. The van der Waals surface area contributed by atoms with E-state index in [4.69, 9.17) is 10.6 Å². The largest absolute Gasteiger partial charge is 0.477 e. The molecule has 0 aliphatic carbocycles. The normalized spacial score (nSPS) is 19.6. The van der Waals surface area contributed by atoms with Gasteiger partial charge in [-0.3, -0.25) is 14.5 Å². The lowest BCUT2D eigenvalue weighted by molar-refractivity contribution is -0.661. The molecule has 1 unspecified atom stereocenters. The molecule has 0 radical (unpaired) electrons. The number of carbonyl (C=O) groups is 3. The summed E-state index contributed by atoms with van der Waals surface area (Å²) in [6.45, 7) is 0.339. The third-order valence-corrected chi connectivity index (χ3v) is 8.09. The monoisotopic (exact) mass is 525 g/mol. The Labute approximate surface area is 213 Å². The van der Waals surface area contributed by atoms with Gasteiger partial charge in [0.05, 0.1) is 5.39 Å². The van der Waals surface area contributed by atoms with E-state index < -0.39 is 29.2 Å². The third-order valence-electron chi connectivity index (χ3n) is 5.79. The zero-order valence-electron chi connectivity index (χ0n) is 19.0. The maximum atomic E-state index is 13.1. The van der Waals surface area contributed by atoms with E-state index in [1.165, 1.54) is 23.8 Å². The van der Waals surface area contributed by atoms with Crippen LogP contribution < -0.4 is 15.6 Å². The van der Waals surface area contributed by atoms with Gasteiger partial charge in [0.25, 0.3) is 16.6 Å². The number of hydrogen-bond donors (Lipinski definition) is 3. The fourth-order valence-electron chi connectivity index (χ4n) is 4.21. The second kappa shape index (κ2) is 9.59. The summed E-state index contributed by atoms with van der Waals surface area (Å²) in [6.07, 6.45) is 1.89. The molecular weight excluding hydrogens is 504 g/mol. The molecule has 4 N–H and O–H groups in total. The zero-order valence-corrected chi connectivity index (χ0v) is 20.6. The van der Waals surface area contributed by atoms with Crippen LogP contribution >= 0.6 is 23.1 Å². The first-order valence-corrected chi connectivity index (χ1v) is 12.7. The summed E-state index contributed by atoms with van der Waals surface area (Å²) in [4.78, 5) is 49.4. The molecule has 1 saturated heterocycles. The Morgan fingerprint density at radius 3 is 2.92 bits per heavy atom. The second-order valence-electron chi connectivity index (χ2n) is 8.01. The first-order chi connectivity index (χ1) is 17.4. The number of oxime groups is 1. The van der Waals surface area contributed by atoms with E-state index in [1.807, 2.05) is 34.3 Å². The number of fused-ring (bicyclic) bond motifs is 2. The van der Waals surface area contributed by atoms with Crippen LogP contribution in [0, 0.1) is 0 Å². The molecule has 13 heteroatoms. The lowest BCUT2D eigenvalue weighted by Gasteiger charge is -2.49. The quantitative estimate of drug-likeness (QED) is 0.179. The molecule has 0 saturated carbocycles. The second-order valence-corrected chi connectivity index (χ2v) is 10.0. The molecule has 2 aliphatic rings. The Balaban J connectivity index is 1.38. The molecule has 5 heterocycles. The molecule has 0 aromatic carbocycles. The molecule has 0 bridgehead atoms. The van der Waals surface area contributed by atoms with Crippen molar-refractivity contribution in [3.63, 3.8) is 0 Å². The Bertz CT molecular complexity index is 1450. The van der Waals surface area contributed by atoms with E-state index in [9.17, 15) is 19.5 Å². The topological polar surface area (TPSA) is 151 Å². The van der Waals surface area contributed by atoms with E-state index in [-0.39, 0.29) is 22.9 Å². The number of thiophene rings is 1. The van der Waals surface area contributed by atoms with Gasteiger partial charge in [-0.05, 0) is 29.6 Å². The smallest absolute Gasteiger partial charge is 0.352 e. The van der Waals surface area contributed by atoms with Crippen LogP contribution in [-0.2, 0) is 25.8 Å². The number of aliphatic carboxylic acids is 1. The van der Waals surface area contributed by atoms with Gasteiger partial charge >= 0.3 is 5.97 Å². The summed E-state index contributed by atoms with van der Waals surface area (Å²) < 4.78 is 1.98. The number of amides is 2. The standard InChI is InChI=1S/C23H20N6O5S2/c1-34-27-16(14-5-2-6-15(24)25-14)19(30)26-17-20(31)29-18(23(32)33)13(11-36-22(17)29)10-28-8-3-4-12-7-9-35-21(12)28/h2-9,17,22H,10-11H2,1H3,(H3-,24,25,26,30,32,33)/p+1/b27-16-/t17?,22-/m1/s1. The third kappa shape index (κ3) is 4.16. The highest BCUT2D eigenvalue weighted by atomic mass is 32.2. The van der Waals surface area contributed by atoms with Crippen molar-refractivity contribution in [2.75, 3.05) is 18.6 Å². The van der Waals surface area contributed by atoms with Gasteiger partial charge in [-0.2, -0.15) is 4.57 Å². The number of thioether (sulfide) groups is 1. The predicted molar refractivity (Wildman–Crippen MR) is 134 cm³/mol. The molecule has 11 nitrogen and oxygen atoms in total. The average molecular weight is 526 g/mol. The van der Waals surface area contributed by atoms with E-state index in [0.717, 1.165) is 10.2 Å². The van der Waals surface area contributed by atoms with E-state index >= 15 is 0 Å². The highest BCUT2D eigenvalue weighted by Gasteiger charge is 2.54. The van der Waals surface area contributed by atoms with Gasteiger partial charge in [0.15, 0.2) is 18.5 Å². The molecule has 2 amide bonds. The summed E-state index contributed by atoms with van der Waals surface area (Å²) in [5.41, 5.74) is 6.33. The van der Waals surface area contributed by atoms with Crippen molar-refractivity contribution in [2.24, 2.45) is 5.16 Å². The van der Waals surface area contributed by atoms with Crippen LogP contribution in [0.3, 0.4) is 0 Å². The van der Waals surface area contributed by atoms with Gasteiger partial charge in [-0.1, -0.05) is 22.6 Å². The van der Waals surface area contributed by atoms with Crippen molar-refractivity contribution in [2.45, 2.75) is 18.0 Å². The Morgan fingerprint density at radius 1 is 1.33 bits per heavy atom. The molecule has 5 rings (SSSR count). The number of carbonyl (C=O) groups excluding carboxylic acids is 2. The van der Waals surface area contributed by atoms with Crippen LogP contribution in [0.1, 0.15) is 5.69 Å². The van der Waals surface area contributed by atoms with Crippen LogP contribution in [0.25, 0.3) is 10.2 Å². The van der Waals surface area contributed by atoms with Gasteiger partial charge in [-0.15, -0.1) is 11.8 Å². The molecule has 3 aromatic heterocycles. The number of pyridine rings is 2. The van der Waals surface area contributed by atoms with Crippen LogP contribution in [0.2, 0.25) is 0 Å². The van der Waals surface area contributed by atoms with Crippen LogP contribution in [0.5, 0.6) is 0 Å². The SMILES string of the molecule is CO/N=C(\C(=O)NC1C(=O)N2C(C(=O)O)=C(C[n+]3cccc4ccsc43)CS[C@H]12)c1cccc(N)n1. The summed E-state index contributed by atoms with van der Waals surface area (Å²) >= 11 is 2.96. The molecule has 3 aromatic rings. The maximum absolute atomic E-state index is 13.1. The first-order valence-electron chi connectivity index (χ1n) is 10.8. The minimum Gasteiger partial charge on any atom is -0.477 e. The van der Waals surface area contributed by atoms with Gasteiger partial charge in [0.2, 0.25) is 0 Å². The molecule has 2 aliphatic heterocycles. The number of carboxylic acid groups (broad SMARTS) is 1. The number of β-lactam (4-membered cyclic amide) rings is 1. The van der Waals surface area contributed by atoms with Gasteiger partial charge < -0.3 is 21.0 Å². The van der Waals surface area contributed by atoms with Gasteiger partial charge in [0.1, 0.15) is 35.7 Å². The maximum Gasteiger partial charge on any atom is 0.352 e. The molecule has 1 fully saturated rings. The van der Waals surface area contributed by atoms with Crippen molar-refractivity contribution < 1.29 is 28.9 Å². The zero-order chi connectivity index (χ0) is 25.4. The minimum atomic E-state index is -1.18. The number of rotatable bonds is 7.